The van der Waals surface area contributed by atoms with E-state index in [0.29, 0.717) is 24.1 Å². The van der Waals surface area contributed by atoms with Crippen LogP contribution in [-0.4, -0.2) is 41.7 Å². The Balaban J connectivity index is 1.86. The second-order valence-electron chi connectivity index (χ2n) is 8.19. The molecule has 1 amide bonds. The zero-order chi connectivity index (χ0) is 19.9. The second-order valence-corrected chi connectivity index (χ2v) is 8.85. The summed E-state index contributed by atoms with van der Waals surface area (Å²) in [6, 6.07) is 21.3. The van der Waals surface area contributed by atoms with E-state index in [2.05, 4.69) is 72.6 Å². The Morgan fingerprint density at radius 2 is 1.64 bits per heavy atom. The highest BCUT2D eigenvalue weighted by Crippen LogP contribution is 2.27. The zero-order valence-electron chi connectivity index (χ0n) is 16.9. The van der Waals surface area contributed by atoms with Gasteiger partial charge >= 0.3 is 0 Å². The van der Waals surface area contributed by atoms with E-state index < -0.39 is 0 Å². The summed E-state index contributed by atoms with van der Waals surface area (Å²) < 4.78 is 0. The summed E-state index contributed by atoms with van der Waals surface area (Å²) >= 11 is 4.73. The van der Waals surface area contributed by atoms with Crippen LogP contribution in [0.5, 0.6) is 0 Å². The van der Waals surface area contributed by atoms with Crippen molar-refractivity contribution in [2.75, 3.05) is 19.6 Å². The normalized spacial score (nSPS) is 19.3. The Hall–Kier alpha value is -1.78. The van der Waals surface area contributed by atoms with E-state index in [1.54, 1.807) is 0 Å². The summed E-state index contributed by atoms with van der Waals surface area (Å²) in [4.78, 5) is 15.2. The quantitative estimate of drug-likeness (QED) is 0.650. The number of rotatable bonds is 8. The molecule has 0 spiro atoms. The SMILES string of the molecule is CC(C)CC(=O)N(CC(c1ccccc1)c1ccccc1)CC1NCCC1S. The Labute approximate surface area is 174 Å². The minimum atomic E-state index is 0.165. The Bertz CT molecular complexity index is 695. The lowest BCUT2D eigenvalue weighted by Crippen LogP contribution is -2.46. The fourth-order valence-electron chi connectivity index (χ4n) is 3.93. The van der Waals surface area contributed by atoms with Crippen LogP contribution in [0, 0.1) is 5.92 Å². The summed E-state index contributed by atoms with van der Waals surface area (Å²) in [5.74, 6) is 0.754. The highest BCUT2D eigenvalue weighted by atomic mass is 32.1. The lowest BCUT2D eigenvalue weighted by Gasteiger charge is -2.32. The molecule has 4 heteroatoms. The van der Waals surface area contributed by atoms with Gasteiger partial charge in [-0.25, -0.2) is 0 Å². The number of hydrogen-bond donors (Lipinski definition) is 2. The first-order valence-electron chi connectivity index (χ1n) is 10.3. The molecule has 1 saturated heterocycles. The first kappa shape index (κ1) is 20.9. The van der Waals surface area contributed by atoms with Gasteiger partial charge in [0.1, 0.15) is 0 Å². The van der Waals surface area contributed by atoms with Crippen molar-refractivity contribution in [2.24, 2.45) is 5.92 Å². The van der Waals surface area contributed by atoms with E-state index >= 15 is 0 Å². The molecule has 0 aliphatic carbocycles. The van der Waals surface area contributed by atoms with Crippen LogP contribution in [0.3, 0.4) is 0 Å². The molecule has 0 bridgehead atoms. The third kappa shape index (κ3) is 5.62. The number of nitrogens with one attached hydrogen (secondary N) is 1. The predicted molar refractivity (Wildman–Crippen MR) is 120 cm³/mol. The number of nitrogens with zero attached hydrogens (tertiary/aromatic N) is 1. The van der Waals surface area contributed by atoms with Gasteiger partial charge in [0.25, 0.3) is 0 Å². The van der Waals surface area contributed by atoms with Crippen molar-refractivity contribution >= 4 is 18.5 Å². The van der Waals surface area contributed by atoms with E-state index in [4.69, 9.17) is 12.6 Å². The molecule has 2 aromatic carbocycles. The first-order valence-corrected chi connectivity index (χ1v) is 10.9. The van der Waals surface area contributed by atoms with Gasteiger partial charge in [-0.3, -0.25) is 4.79 Å². The van der Waals surface area contributed by atoms with Gasteiger partial charge in [-0.1, -0.05) is 74.5 Å². The first-order chi connectivity index (χ1) is 13.5. The van der Waals surface area contributed by atoms with Gasteiger partial charge in [-0.05, 0) is 30.0 Å². The van der Waals surface area contributed by atoms with Crippen molar-refractivity contribution < 1.29 is 4.79 Å². The average Bonchev–Trinajstić information content (AvgIpc) is 3.10. The van der Waals surface area contributed by atoms with Crippen LogP contribution >= 0.6 is 12.6 Å². The van der Waals surface area contributed by atoms with E-state index in [9.17, 15) is 4.79 Å². The highest BCUT2D eigenvalue weighted by molar-refractivity contribution is 7.81. The van der Waals surface area contributed by atoms with Gasteiger partial charge in [-0.2, -0.15) is 12.6 Å². The Kier molecular flexibility index (Phi) is 7.57. The Morgan fingerprint density at radius 1 is 1.07 bits per heavy atom. The standard InChI is InChI=1S/C24H32N2OS/c1-18(2)15-24(27)26(17-22-23(28)13-14-25-22)16-21(19-9-5-3-6-10-19)20-11-7-4-8-12-20/h3-12,18,21-23,25,28H,13-17H2,1-2H3. The van der Waals surface area contributed by atoms with E-state index in [-0.39, 0.29) is 17.9 Å². The van der Waals surface area contributed by atoms with Gasteiger partial charge in [0, 0.05) is 36.7 Å². The summed E-state index contributed by atoms with van der Waals surface area (Å²) in [5, 5.41) is 3.83. The maximum absolute atomic E-state index is 13.1. The largest absolute Gasteiger partial charge is 0.340 e. The van der Waals surface area contributed by atoms with E-state index in [1.807, 2.05) is 12.1 Å². The average molecular weight is 397 g/mol. The van der Waals surface area contributed by atoms with Crippen molar-refractivity contribution in [3.8, 4) is 0 Å². The maximum atomic E-state index is 13.1. The van der Waals surface area contributed by atoms with Crippen molar-refractivity contribution in [1.29, 1.82) is 0 Å². The molecule has 1 aliphatic rings. The molecule has 1 aliphatic heterocycles. The van der Waals surface area contributed by atoms with Gasteiger partial charge in [-0.15, -0.1) is 0 Å². The molecule has 0 saturated carbocycles. The molecule has 150 valence electrons. The lowest BCUT2D eigenvalue weighted by atomic mass is 9.90. The van der Waals surface area contributed by atoms with Crippen LogP contribution in [0.15, 0.2) is 60.7 Å². The number of carbonyl (C=O) groups is 1. The number of benzene rings is 2. The van der Waals surface area contributed by atoms with Gasteiger partial charge in [0.2, 0.25) is 5.91 Å². The fourth-order valence-corrected chi connectivity index (χ4v) is 4.26. The van der Waals surface area contributed by atoms with Crippen LogP contribution in [0.25, 0.3) is 0 Å². The minimum absolute atomic E-state index is 0.165. The van der Waals surface area contributed by atoms with Crippen LogP contribution in [0.4, 0.5) is 0 Å². The lowest BCUT2D eigenvalue weighted by molar-refractivity contribution is -0.132. The molecule has 2 atom stereocenters. The molecular formula is C24H32N2OS. The molecule has 2 aromatic rings. The van der Waals surface area contributed by atoms with E-state index in [1.165, 1.54) is 11.1 Å². The van der Waals surface area contributed by atoms with Crippen molar-refractivity contribution in [3.05, 3.63) is 71.8 Å². The molecule has 2 unspecified atom stereocenters. The second kappa shape index (κ2) is 10.1. The van der Waals surface area contributed by atoms with Crippen LogP contribution in [0.1, 0.15) is 43.7 Å². The van der Waals surface area contributed by atoms with Crippen LogP contribution in [0.2, 0.25) is 0 Å². The predicted octanol–water partition coefficient (Wildman–Crippen LogP) is 4.35. The minimum Gasteiger partial charge on any atom is -0.340 e. The molecular weight excluding hydrogens is 364 g/mol. The maximum Gasteiger partial charge on any atom is 0.222 e. The van der Waals surface area contributed by atoms with Crippen molar-refractivity contribution in [1.82, 2.24) is 10.2 Å². The van der Waals surface area contributed by atoms with Crippen LogP contribution < -0.4 is 5.32 Å². The molecule has 1 heterocycles. The van der Waals surface area contributed by atoms with Gasteiger partial charge in [0.05, 0.1) is 0 Å². The third-order valence-electron chi connectivity index (χ3n) is 5.47. The molecule has 0 radical (unpaired) electrons. The van der Waals surface area contributed by atoms with E-state index in [0.717, 1.165) is 19.5 Å². The molecule has 1 N–H and O–H groups in total. The summed E-state index contributed by atoms with van der Waals surface area (Å²) in [6.07, 6.45) is 1.64. The number of thiol groups is 1. The van der Waals surface area contributed by atoms with Gasteiger partial charge < -0.3 is 10.2 Å². The molecule has 3 rings (SSSR count). The Morgan fingerprint density at radius 3 is 2.11 bits per heavy atom. The number of hydrogen-bond acceptors (Lipinski definition) is 3. The topological polar surface area (TPSA) is 32.3 Å². The summed E-state index contributed by atoms with van der Waals surface area (Å²) in [6.45, 7) is 6.61. The molecule has 28 heavy (non-hydrogen) atoms. The molecule has 3 nitrogen and oxygen atoms in total. The van der Waals surface area contributed by atoms with Crippen LogP contribution in [-0.2, 0) is 4.79 Å². The third-order valence-corrected chi connectivity index (χ3v) is 6.09. The molecule has 0 aromatic heterocycles. The van der Waals surface area contributed by atoms with Crippen molar-refractivity contribution in [3.63, 3.8) is 0 Å². The number of carbonyl (C=O) groups excluding carboxylic acids is 1. The monoisotopic (exact) mass is 396 g/mol. The highest BCUT2D eigenvalue weighted by Gasteiger charge is 2.29. The molecule has 1 fully saturated rings. The fraction of sp³-hybridized carbons (Fsp3) is 0.458. The summed E-state index contributed by atoms with van der Waals surface area (Å²) in [5.41, 5.74) is 2.50. The van der Waals surface area contributed by atoms with Crippen molar-refractivity contribution in [2.45, 2.75) is 43.9 Å². The zero-order valence-corrected chi connectivity index (χ0v) is 17.8. The number of amides is 1. The van der Waals surface area contributed by atoms with Gasteiger partial charge in [0.15, 0.2) is 0 Å². The smallest absolute Gasteiger partial charge is 0.222 e. The summed E-state index contributed by atoms with van der Waals surface area (Å²) in [7, 11) is 0.